The number of nitrogens with one attached hydrogen (secondary N) is 1. The molecule has 0 spiro atoms. The number of aromatic amines is 1. The van der Waals surface area contributed by atoms with Crippen LogP contribution in [-0.4, -0.2) is 19.7 Å². The van der Waals surface area contributed by atoms with Gasteiger partial charge in [-0.1, -0.05) is 12.1 Å². The Balaban J connectivity index is 1.70. The fourth-order valence-electron chi connectivity index (χ4n) is 3.07. The second-order valence-corrected chi connectivity index (χ2v) is 5.87. The summed E-state index contributed by atoms with van der Waals surface area (Å²) < 4.78 is 7.94. The van der Waals surface area contributed by atoms with Gasteiger partial charge in [0.2, 0.25) is 0 Å². The first-order valence-electron chi connectivity index (χ1n) is 7.73. The monoisotopic (exact) mass is 314 g/mol. The van der Waals surface area contributed by atoms with Crippen LogP contribution in [0.15, 0.2) is 65.6 Å². The topological polar surface area (TPSA) is 59.6 Å². The number of fused-ring (bicyclic) bond motifs is 2. The molecule has 0 saturated heterocycles. The third-order valence-corrected chi connectivity index (χ3v) is 4.27. The van der Waals surface area contributed by atoms with Crippen molar-refractivity contribution in [2.45, 2.75) is 0 Å². The van der Waals surface area contributed by atoms with Gasteiger partial charge < -0.3 is 9.40 Å². The van der Waals surface area contributed by atoms with Gasteiger partial charge in [-0.25, -0.2) is 0 Å². The molecular weight excluding hydrogens is 300 g/mol. The molecule has 1 N–H and O–H groups in total. The Labute approximate surface area is 137 Å². The SMILES string of the molecule is Cn1cc(-c2ccnc3cc(-c4ccc5cc[nH]c5c4)oc23)cn1. The maximum atomic E-state index is 6.16. The maximum Gasteiger partial charge on any atom is 0.161 e. The zero-order valence-corrected chi connectivity index (χ0v) is 13.0. The van der Waals surface area contributed by atoms with Crippen molar-refractivity contribution >= 4 is 22.0 Å². The van der Waals surface area contributed by atoms with Crippen molar-refractivity contribution in [3.05, 3.63) is 61.2 Å². The van der Waals surface area contributed by atoms with Crippen molar-refractivity contribution in [1.82, 2.24) is 19.7 Å². The molecule has 4 aromatic heterocycles. The van der Waals surface area contributed by atoms with Gasteiger partial charge in [-0.2, -0.15) is 5.10 Å². The Morgan fingerprint density at radius 2 is 2.04 bits per heavy atom. The average Bonchev–Trinajstić information content (AvgIpc) is 3.32. The summed E-state index contributed by atoms with van der Waals surface area (Å²) in [6, 6.07) is 12.2. The smallest absolute Gasteiger partial charge is 0.161 e. The van der Waals surface area contributed by atoms with Gasteiger partial charge in [0.05, 0.1) is 6.20 Å². The van der Waals surface area contributed by atoms with Gasteiger partial charge in [-0.3, -0.25) is 9.67 Å². The Morgan fingerprint density at radius 1 is 1.08 bits per heavy atom. The van der Waals surface area contributed by atoms with Crippen LogP contribution in [0.2, 0.25) is 0 Å². The third kappa shape index (κ3) is 1.95. The van der Waals surface area contributed by atoms with Crippen molar-refractivity contribution in [2.24, 2.45) is 7.05 Å². The minimum Gasteiger partial charge on any atom is -0.454 e. The van der Waals surface area contributed by atoms with E-state index >= 15 is 0 Å². The molecule has 0 bridgehead atoms. The highest BCUT2D eigenvalue weighted by Gasteiger charge is 2.13. The lowest BCUT2D eigenvalue weighted by Gasteiger charge is -1.99. The van der Waals surface area contributed by atoms with Crippen molar-refractivity contribution in [3.63, 3.8) is 0 Å². The van der Waals surface area contributed by atoms with Gasteiger partial charge in [0.15, 0.2) is 5.58 Å². The van der Waals surface area contributed by atoms with E-state index in [0.717, 1.165) is 39.1 Å². The summed E-state index contributed by atoms with van der Waals surface area (Å²) >= 11 is 0. The van der Waals surface area contributed by atoms with Crippen LogP contribution < -0.4 is 0 Å². The highest BCUT2D eigenvalue weighted by Crippen LogP contribution is 2.34. The highest BCUT2D eigenvalue weighted by atomic mass is 16.3. The quantitative estimate of drug-likeness (QED) is 0.526. The molecule has 0 fully saturated rings. The summed E-state index contributed by atoms with van der Waals surface area (Å²) in [5.74, 6) is 0.811. The van der Waals surface area contributed by atoms with Gasteiger partial charge in [0, 0.05) is 53.9 Å². The van der Waals surface area contributed by atoms with E-state index in [-0.39, 0.29) is 0 Å². The van der Waals surface area contributed by atoms with Crippen LogP contribution in [0.3, 0.4) is 0 Å². The maximum absolute atomic E-state index is 6.16. The van der Waals surface area contributed by atoms with E-state index in [2.05, 4.69) is 39.3 Å². The number of benzene rings is 1. The first-order chi connectivity index (χ1) is 11.8. The first kappa shape index (κ1) is 13.1. The molecule has 5 aromatic rings. The minimum atomic E-state index is 0.784. The van der Waals surface area contributed by atoms with Crippen LogP contribution in [0, 0.1) is 0 Å². The van der Waals surface area contributed by atoms with Crippen molar-refractivity contribution in [2.75, 3.05) is 0 Å². The number of furan rings is 1. The molecule has 5 rings (SSSR count). The number of pyridine rings is 1. The fourth-order valence-corrected chi connectivity index (χ4v) is 3.07. The van der Waals surface area contributed by atoms with Crippen molar-refractivity contribution in [3.8, 4) is 22.5 Å². The molecule has 0 aliphatic heterocycles. The van der Waals surface area contributed by atoms with Crippen LogP contribution in [0.4, 0.5) is 0 Å². The zero-order valence-electron chi connectivity index (χ0n) is 13.0. The molecule has 5 nitrogen and oxygen atoms in total. The van der Waals surface area contributed by atoms with E-state index in [0.29, 0.717) is 0 Å². The lowest BCUT2D eigenvalue weighted by atomic mass is 10.1. The van der Waals surface area contributed by atoms with E-state index in [1.807, 2.05) is 37.8 Å². The normalized spacial score (nSPS) is 11.5. The number of hydrogen-bond donors (Lipinski definition) is 1. The van der Waals surface area contributed by atoms with Gasteiger partial charge in [-0.05, 0) is 23.6 Å². The number of H-pyrrole nitrogens is 1. The van der Waals surface area contributed by atoms with Crippen LogP contribution in [0.25, 0.3) is 44.5 Å². The fraction of sp³-hybridized carbons (Fsp3) is 0.0526. The average molecular weight is 314 g/mol. The second kappa shape index (κ2) is 4.83. The molecule has 0 atom stereocenters. The minimum absolute atomic E-state index is 0.784. The van der Waals surface area contributed by atoms with Crippen molar-refractivity contribution in [1.29, 1.82) is 0 Å². The summed E-state index contributed by atoms with van der Waals surface area (Å²) in [7, 11) is 1.90. The number of nitrogens with zero attached hydrogens (tertiary/aromatic N) is 3. The number of rotatable bonds is 2. The molecule has 4 heterocycles. The summed E-state index contributed by atoms with van der Waals surface area (Å²) in [4.78, 5) is 7.68. The number of hydrogen-bond acceptors (Lipinski definition) is 3. The Bertz CT molecular complexity index is 1180. The van der Waals surface area contributed by atoms with E-state index in [4.69, 9.17) is 4.42 Å². The van der Waals surface area contributed by atoms with Crippen LogP contribution in [-0.2, 0) is 7.05 Å². The highest BCUT2D eigenvalue weighted by molar-refractivity contribution is 5.93. The molecule has 0 amide bonds. The molecule has 0 radical (unpaired) electrons. The molecule has 0 saturated carbocycles. The third-order valence-electron chi connectivity index (χ3n) is 4.27. The van der Waals surface area contributed by atoms with E-state index in [1.54, 1.807) is 10.9 Å². The second-order valence-electron chi connectivity index (χ2n) is 5.87. The van der Waals surface area contributed by atoms with Crippen molar-refractivity contribution < 1.29 is 4.42 Å². The van der Waals surface area contributed by atoms with Crippen LogP contribution in [0.5, 0.6) is 0 Å². The Morgan fingerprint density at radius 3 is 2.92 bits per heavy atom. The molecule has 1 aromatic carbocycles. The van der Waals surface area contributed by atoms with E-state index in [9.17, 15) is 0 Å². The van der Waals surface area contributed by atoms with E-state index in [1.165, 1.54) is 5.39 Å². The molecule has 24 heavy (non-hydrogen) atoms. The summed E-state index contributed by atoms with van der Waals surface area (Å²) in [5, 5.41) is 5.43. The molecule has 116 valence electrons. The Hall–Kier alpha value is -3.34. The lowest BCUT2D eigenvalue weighted by molar-refractivity contribution is 0.632. The predicted octanol–water partition coefficient (Wildman–Crippen LogP) is 4.38. The number of aromatic nitrogens is 4. The summed E-state index contributed by atoms with van der Waals surface area (Å²) in [6.45, 7) is 0. The number of aryl methyl sites for hydroxylation is 1. The van der Waals surface area contributed by atoms with Gasteiger partial charge >= 0.3 is 0 Å². The van der Waals surface area contributed by atoms with Gasteiger partial charge in [0.25, 0.3) is 0 Å². The van der Waals surface area contributed by atoms with Gasteiger partial charge in [-0.15, -0.1) is 0 Å². The predicted molar refractivity (Wildman–Crippen MR) is 93.5 cm³/mol. The molecule has 0 aliphatic carbocycles. The largest absolute Gasteiger partial charge is 0.454 e. The molecule has 0 aliphatic rings. The Kier molecular flexibility index (Phi) is 2.64. The summed E-state index contributed by atoms with van der Waals surface area (Å²) in [6.07, 6.45) is 7.55. The molecule has 0 unspecified atom stereocenters. The molecule has 5 heteroatoms. The zero-order chi connectivity index (χ0) is 16.1. The van der Waals surface area contributed by atoms with E-state index < -0.39 is 0 Å². The lowest BCUT2D eigenvalue weighted by Crippen LogP contribution is -1.84. The summed E-state index contributed by atoms with van der Waals surface area (Å²) in [5.41, 5.74) is 5.77. The van der Waals surface area contributed by atoms with Crippen LogP contribution >= 0.6 is 0 Å². The standard InChI is InChI=1S/C19H14N4O/c1-23-11-14(10-22-23)15-5-7-21-17-9-18(24-19(15)17)13-3-2-12-4-6-20-16(12)8-13/h2-11,20H,1H3. The first-order valence-corrected chi connectivity index (χ1v) is 7.73. The van der Waals surface area contributed by atoms with Crippen LogP contribution in [0.1, 0.15) is 0 Å². The molecular formula is C19H14N4O. The van der Waals surface area contributed by atoms with Gasteiger partial charge in [0.1, 0.15) is 11.3 Å².